The third kappa shape index (κ3) is 3.05. The van der Waals surface area contributed by atoms with Gasteiger partial charge in [0.25, 0.3) is 0 Å². The standard InChI is InChI=1S/C12H11F2N3OS/c1-6-4-16-10(18-6)5-17-11-8(13)2-7(12(15)19)3-9(11)14/h2-4,17H,5H2,1H3,(H2,15,19). The molecule has 1 aromatic heterocycles. The Balaban J connectivity index is 2.18. The van der Waals surface area contributed by atoms with Gasteiger partial charge in [-0.05, 0) is 19.1 Å². The molecule has 0 aliphatic heterocycles. The van der Waals surface area contributed by atoms with Crippen molar-refractivity contribution in [1.29, 1.82) is 0 Å². The average Bonchev–Trinajstić information content (AvgIpc) is 2.73. The fourth-order valence-corrected chi connectivity index (χ4v) is 1.65. The first-order chi connectivity index (χ1) is 8.97. The minimum absolute atomic E-state index is 0.0623. The number of aryl methyl sites for hydroxylation is 1. The SMILES string of the molecule is Cc1cnc(CNc2c(F)cc(C(N)=S)cc2F)o1. The van der Waals surface area contributed by atoms with Crippen LogP contribution in [0.3, 0.4) is 0 Å². The number of nitrogens with two attached hydrogens (primary N) is 1. The van der Waals surface area contributed by atoms with E-state index in [1.165, 1.54) is 6.20 Å². The van der Waals surface area contributed by atoms with Crippen molar-refractivity contribution in [2.45, 2.75) is 13.5 Å². The summed E-state index contributed by atoms with van der Waals surface area (Å²) in [5, 5.41) is 2.59. The largest absolute Gasteiger partial charge is 0.444 e. The maximum absolute atomic E-state index is 13.7. The van der Waals surface area contributed by atoms with Gasteiger partial charge in [0.1, 0.15) is 28.1 Å². The van der Waals surface area contributed by atoms with Gasteiger partial charge in [0.05, 0.1) is 12.7 Å². The Labute approximate surface area is 113 Å². The Kier molecular flexibility index (Phi) is 3.75. The van der Waals surface area contributed by atoms with E-state index in [0.29, 0.717) is 11.7 Å². The fraction of sp³-hybridized carbons (Fsp3) is 0.167. The molecule has 100 valence electrons. The zero-order valence-corrected chi connectivity index (χ0v) is 10.9. The lowest BCUT2D eigenvalue weighted by atomic mass is 10.2. The zero-order valence-electron chi connectivity index (χ0n) is 10.0. The highest BCUT2D eigenvalue weighted by Gasteiger charge is 2.13. The zero-order chi connectivity index (χ0) is 14.0. The minimum Gasteiger partial charge on any atom is -0.444 e. The van der Waals surface area contributed by atoms with Crippen molar-refractivity contribution >= 4 is 22.9 Å². The number of thiocarbonyl (C=S) groups is 1. The molecule has 2 aromatic rings. The molecule has 0 saturated heterocycles. The van der Waals surface area contributed by atoms with Gasteiger partial charge in [-0.15, -0.1) is 0 Å². The molecule has 0 amide bonds. The lowest BCUT2D eigenvalue weighted by molar-refractivity contribution is 0.477. The Bertz CT molecular complexity index is 604. The Morgan fingerprint density at radius 2 is 2.05 bits per heavy atom. The van der Waals surface area contributed by atoms with Gasteiger partial charge in [-0.3, -0.25) is 0 Å². The van der Waals surface area contributed by atoms with Crippen LogP contribution >= 0.6 is 12.2 Å². The summed E-state index contributed by atoms with van der Waals surface area (Å²) in [4.78, 5) is 3.86. The highest BCUT2D eigenvalue weighted by Crippen LogP contribution is 2.21. The van der Waals surface area contributed by atoms with Gasteiger partial charge in [-0.25, -0.2) is 13.8 Å². The Morgan fingerprint density at radius 1 is 1.42 bits per heavy atom. The second kappa shape index (κ2) is 5.31. The van der Waals surface area contributed by atoms with Crippen LogP contribution in [-0.4, -0.2) is 9.97 Å². The van der Waals surface area contributed by atoms with Crippen molar-refractivity contribution in [3.8, 4) is 0 Å². The molecule has 0 saturated carbocycles. The van der Waals surface area contributed by atoms with Gasteiger partial charge in [0, 0.05) is 5.56 Å². The maximum atomic E-state index is 13.7. The van der Waals surface area contributed by atoms with Gasteiger partial charge in [-0.1, -0.05) is 12.2 Å². The van der Waals surface area contributed by atoms with E-state index >= 15 is 0 Å². The second-order valence-electron chi connectivity index (χ2n) is 3.90. The molecule has 3 N–H and O–H groups in total. The van der Waals surface area contributed by atoms with Gasteiger partial charge < -0.3 is 15.5 Å². The van der Waals surface area contributed by atoms with Crippen molar-refractivity contribution in [3.05, 3.63) is 47.2 Å². The van der Waals surface area contributed by atoms with Crippen molar-refractivity contribution in [2.75, 3.05) is 5.32 Å². The normalized spacial score (nSPS) is 10.5. The summed E-state index contributed by atoms with van der Waals surface area (Å²) in [7, 11) is 0. The summed E-state index contributed by atoms with van der Waals surface area (Å²) in [6, 6.07) is 2.16. The predicted molar refractivity (Wildman–Crippen MR) is 70.8 cm³/mol. The Hall–Kier alpha value is -2.02. The van der Waals surface area contributed by atoms with E-state index in [0.717, 1.165) is 12.1 Å². The quantitative estimate of drug-likeness (QED) is 0.844. The summed E-state index contributed by atoms with van der Waals surface area (Å²) in [6.07, 6.45) is 1.53. The van der Waals surface area contributed by atoms with Crippen LogP contribution in [-0.2, 0) is 6.54 Å². The molecule has 0 atom stereocenters. The molecule has 0 radical (unpaired) electrons. The molecule has 7 heteroatoms. The summed E-state index contributed by atoms with van der Waals surface area (Å²) in [5.41, 5.74) is 5.20. The average molecular weight is 283 g/mol. The van der Waals surface area contributed by atoms with E-state index in [-0.39, 0.29) is 22.8 Å². The number of nitrogens with one attached hydrogen (secondary N) is 1. The molecular weight excluding hydrogens is 272 g/mol. The van der Waals surface area contributed by atoms with E-state index in [1.807, 2.05) is 0 Å². The van der Waals surface area contributed by atoms with Gasteiger partial charge >= 0.3 is 0 Å². The topological polar surface area (TPSA) is 64.1 Å². The summed E-state index contributed by atoms with van der Waals surface area (Å²) in [5.74, 6) is -0.576. The number of rotatable bonds is 4. The number of oxazole rings is 1. The number of anilines is 1. The molecule has 19 heavy (non-hydrogen) atoms. The molecule has 1 aromatic carbocycles. The fourth-order valence-electron chi connectivity index (χ4n) is 1.53. The highest BCUT2D eigenvalue weighted by molar-refractivity contribution is 7.80. The lowest BCUT2D eigenvalue weighted by Crippen LogP contribution is -2.12. The third-order valence-corrected chi connectivity index (χ3v) is 2.65. The van der Waals surface area contributed by atoms with Crippen molar-refractivity contribution in [1.82, 2.24) is 4.98 Å². The molecule has 0 fully saturated rings. The number of hydrogen-bond donors (Lipinski definition) is 2. The first kappa shape index (κ1) is 13.4. The predicted octanol–water partition coefficient (Wildman–Crippen LogP) is 2.51. The number of benzene rings is 1. The molecular formula is C12H11F2N3OS. The third-order valence-electron chi connectivity index (χ3n) is 2.41. The first-order valence-electron chi connectivity index (χ1n) is 5.41. The summed E-state index contributed by atoms with van der Waals surface area (Å²) < 4.78 is 32.6. The van der Waals surface area contributed by atoms with E-state index in [4.69, 9.17) is 10.2 Å². The van der Waals surface area contributed by atoms with Gasteiger partial charge in [0.15, 0.2) is 0 Å². The molecule has 0 aliphatic carbocycles. The maximum Gasteiger partial charge on any atom is 0.213 e. The van der Waals surface area contributed by atoms with Crippen LogP contribution in [0, 0.1) is 18.6 Å². The summed E-state index contributed by atoms with van der Waals surface area (Å²) >= 11 is 4.67. The molecule has 2 rings (SSSR count). The van der Waals surface area contributed by atoms with Gasteiger partial charge in [-0.2, -0.15) is 0 Å². The smallest absolute Gasteiger partial charge is 0.213 e. The van der Waals surface area contributed by atoms with E-state index in [9.17, 15) is 8.78 Å². The van der Waals surface area contributed by atoms with E-state index < -0.39 is 11.6 Å². The number of halogens is 2. The highest BCUT2D eigenvalue weighted by atomic mass is 32.1. The van der Waals surface area contributed by atoms with Crippen LogP contribution in [0.1, 0.15) is 17.2 Å². The molecule has 0 unspecified atom stereocenters. The number of aromatic nitrogens is 1. The van der Waals surface area contributed by atoms with E-state index in [1.54, 1.807) is 6.92 Å². The first-order valence-corrected chi connectivity index (χ1v) is 5.82. The number of hydrogen-bond acceptors (Lipinski definition) is 4. The van der Waals surface area contributed by atoms with Gasteiger partial charge in [0.2, 0.25) is 5.89 Å². The van der Waals surface area contributed by atoms with Crippen LogP contribution in [0.15, 0.2) is 22.7 Å². The second-order valence-corrected chi connectivity index (χ2v) is 4.34. The van der Waals surface area contributed by atoms with Crippen molar-refractivity contribution in [3.63, 3.8) is 0 Å². The van der Waals surface area contributed by atoms with Crippen LogP contribution in [0.25, 0.3) is 0 Å². The van der Waals surface area contributed by atoms with Crippen LogP contribution < -0.4 is 11.1 Å². The lowest BCUT2D eigenvalue weighted by Gasteiger charge is -2.08. The van der Waals surface area contributed by atoms with E-state index in [2.05, 4.69) is 22.5 Å². The van der Waals surface area contributed by atoms with Crippen LogP contribution in [0.2, 0.25) is 0 Å². The molecule has 4 nitrogen and oxygen atoms in total. The van der Waals surface area contributed by atoms with Crippen LogP contribution in [0.4, 0.5) is 14.5 Å². The van der Waals surface area contributed by atoms with Crippen molar-refractivity contribution < 1.29 is 13.2 Å². The minimum atomic E-state index is -0.772. The molecule has 0 spiro atoms. The monoisotopic (exact) mass is 283 g/mol. The Morgan fingerprint density at radius 3 is 2.53 bits per heavy atom. The van der Waals surface area contributed by atoms with Crippen LogP contribution in [0.5, 0.6) is 0 Å². The van der Waals surface area contributed by atoms with Crippen molar-refractivity contribution in [2.24, 2.45) is 5.73 Å². The summed E-state index contributed by atoms with van der Waals surface area (Å²) in [6.45, 7) is 1.81. The molecule has 1 heterocycles. The molecule has 0 bridgehead atoms. The number of nitrogens with zero attached hydrogens (tertiary/aromatic N) is 1. The molecule has 0 aliphatic rings.